The van der Waals surface area contributed by atoms with Gasteiger partial charge in [-0.15, -0.1) is 0 Å². The molecule has 0 bridgehead atoms. The maximum atomic E-state index is 12.7. The lowest BCUT2D eigenvalue weighted by Crippen LogP contribution is -2.23. The highest BCUT2D eigenvalue weighted by Gasteiger charge is 2.30. The van der Waals surface area contributed by atoms with Crippen LogP contribution in [0, 0.1) is 0 Å². The molecule has 0 atom stereocenters. The lowest BCUT2D eigenvalue weighted by Gasteiger charge is -2.09. The van der Waals surface area contributed by atoms with Gasteiger partial charge in [0.25, 0.3) is 5.91 Å². The van der Waals surface area contributed by atoms with Crippen molar-refractivity contribution in [1.82, 2.24) is 4.90 Å². The van der Waals surface area contributed by atoms with Gasteiger partial charge in [-0.05, 0) is 75.2 Å². The summed E-state index contributed by atoms with van der Waals surface area (Å²) in [5.41, 5.74) is 2.53. The minimum absolute atomic E-state index is 0.143. The van der Waals surface area contributed by atoms with Gasteiger partial charge in [0.05, 0.1) is 20.6 Å². The van der Waals surface area contributed by atoms with E-state index in [2.05, 4.69) is 20.9 Å². The van der Waals surface area contributed by atoms with Crippen LogP contribution >= 0.6 is 27.7 Å². The molecule has 0 radical (unpaired) electrons. The molecule has 0 unspecified atom stereocenters. The number of benzene rings is 3. The summed E-state index contributed by atoms with van der Waals surface area (Å²) < 4.78 is 6.67. The summed E-state index contributed by atoms with van der Waals surface area (Å²) >= 11 is 4.79. The monoisotopic (exact) mass is 522 g/mol. The third-order valence-electron chi connectivity index (χ3n) is 4.81. The van der Waals surface area contributed by atoms with Gasteiger partial charge in [0.2, 0.25) is 0 Å². The molecule has 33 heavy (non-hydrogen) atoms. The molecular weight excluding hydrogens is 504 g/mol. The van der Waals surface area contributed by atoms with Crippen LogP contribution in [0.3, 0.4) is 0 Å². The minimum Gasteiger partial charge on any atom is -0.488 e. The Hall–Kier alpha value is -3.36. The van der Waals surface area contributed by atoms with Gasteiger partial charge in [0, 0.05) is 7.05 Å². The molecule has 1 heterocycles. The highest BCUT2D eigenvalue weighted by atomic mass is 79.9. The number of nitrogens with zero attached hydrogens (tertiary/aromatic N) is 2. The average Bonchev–Trinajstić information content (AvgIpc) is 3.07. The van der Waals surface area contributed by atoms with Crippen molar-refractivity contribution in [3.05, 3.63) is 98.9 Å². The largest absolute Gasteiger partial charge is 0.488 e. The Morgan fingerprint density at radius 1 is 1.12 bits per heavy atom. The molecule has 6 nitrogen and oxygen atoms in total. The highest BCUT2D eigenvalue weighted by molar-refractivity contribution is 9.10. The van der Waals surface area contributed by atoms with Crippen LogP contribution in [0.2, 0.25) is 0 Å². The van der Waals surface area contributed by atoms with Crippen molar-refractivity contribution in [2.24, 2.45) is 4.99 Å². The van der Waals surface area contributed by atoms with Crippen LogP contribution in [0.5, 0.6) is 5.75 Å². The van der Waals surface area contributed by atoms with Crippen LogP contribution in [-0.2, 0) is 11.4 Å². The summed E-state index contributed by atoms with van der Waals surface area (Å²) in [6.45, 7) is 0.460. The Morgan fingerprint density at radius 3 is 2.64 bits per heavy atom. The fraction of sp³-hybridized carbons (Fsp3) is 0.0800. The molecule has 4 rings (SSSR count). The molecule has 1 N–H and O–H groups in total. The molecule has 0 aliphatic carbocycles. The topological polar surface area (TPSA) is 79.2 Å². The Morgan fingerprint density at radius 2 is 1.91 bits per heavy atom. The summed E-state index contributed by atoms with van der Waals surface area (Å²) in [5, 5.41) is 9.65. The standard InChI is InChI=1S/C25H19BrN2O4S/c1-28-23(29)22(33-25(28)27-19-9-5-8-18(14-19)24(30)31)13-17-10-11-21(20(26)12-17)32-15-16-6-3-2-4-7-16/h2-14H,15H2,1H3,(H,30,31)/b22-13+,27-25?. The maximum absolute atomic E-state index is 12.7. The second-order valence-corrected chi connectivity index (χ2v) is 9.05. The number of likely N-dealkylation sites (N-methyl/N-ethyl adjacent to an activating group) is 1. The van der Waals surface area contributed by atoms with Crippen LogP contribution < -0.4 is 4.74 Å². The van der Waals surface area contributed by atoms with Crippen LogP contribution in [0.25, 0.3) is 6.08 Å². The molecule has 1 amide bonds. The molecule has 3 aromatic carbocycles. The molecule has 166 valence electrons. The van der Waals surface area contributed by atoms with E-state index in [1.54, 1.807) is 25.3 Å². The lowest BCUT2D eigenvalue weighted by atomic mass is 10.2. The van der Waals surface area contributed by atoms with Gasteiger partial charge in [0.1, 0.15) is 12.4 Å². The van der Waals surface area contributed by atoms with Crippen molar-refractivity contribution < 1.29 is 19.4 Å². The van der Waals surface area contributed by atoms with E-state index in [9.17, 15) is 9.59 Å². The van der Waals surface area contributed by atoms with E-state index >= 15 is 0 Å². The lowest BCUT2D eigenvalue weighted by molar-refractivity contribution is -0.121. The first-order chi connectivity index (χ1) is 15.9. The first-order valence-corrected chi connectivity index (χ1v) is 11.6. The van der Waals surface area contributed by atoms with E-state index in [1.807, 2.05) is 48.5 Å². The zero-order valence-corrected chi connectivity index (χ0v) is 20.0. The highest BCUT2D eigenvalue weighted by Crippen LogP contribution is 2.34. The number of hydrogen-bond donors (Lipinski definition) is 1. The van der Waals surface area contributed by atoms with E-state index < -0.39 is 5.97 Å². The molecule has 8 heteroatoms. The zero-order valence-electron chi connectivity index (χ0n) is 17.6. The van der Waals surface area contributed by atoms with Crippen molar-refractivity contribution in [3.63, 3.8) is 0 Å². The molecule has 1 aliphatic rings. The maximum Gasteiger partial charge on any atom is 0.335 e. The quantitative estimate of drug-likeness (QED) is 0.404. The number of carbonyl (C=O) groups excluding carboxylic acids is 1. The van der Waals surface area contributed by atoms with Gasteiger partial charge in [0.15, 0.2) is 5.17 Å². The fourth-order valence-corrected chi connectivity index (χ4v) is 4.58. The van der Waals surface area contributed by atoms with Gasteiger partial charge in [-0.2, -0.15) is 0 Å². The molecule has 1 aliphatic heterocycles. The molecule has 3 aromatic rings. The number of carbonyl (C=O) groups is 2. The average molecular weight is 523 g/mol. The van der Waals surface area contributed by atoms with Gasteiger partial charge in [-0.1, -0.05) is 42.5 Å². The number of thioether (sulfide) groups is 1. The summed E-state index contributed by atoms with van der Waals surface area (Å²) in [7, 11) is 1.65. The Bertz CT molecular complexity index is 1270. The minimum atomic E-state index is -1.03. The first-order valence-electron chi connectivity index (χ1n) is 9.96. The third-order valence-corrected chi connectivity index (χ3v) is 6.49. The molecule has 1 fully saturated rings. The van der Waals surface area contributed by atoms with Gasteiger partial charge in [-0.3, -0.25) is 9.69 Å². The van der Waals surface area contributed by atoms with Crippen LogP contribution in [-0.4, -0.2) is 34.1 Å². The first kappa shape index (κ1) is 22.8. The van der Waals surface area contributed by atoms with E-state index in [0.29, 0.717) is 28.1 Å². The van der Waals surface area contributed by atoms with E-state index in [0.717, 1.165) is 15.6 Å². The molecule has 0 aromatic heterocycles. The smallest absolute Gasteiger partial charge is 0.335 e. The van der Waals surface area contributed by atoms with Crippen molar-refractivity contribution in [2.45, 2.75) is 6.61 Å². The fourth-order valence-electron chi connectivity index (χ4n) is 3.08. The Balaban J connectivity index is 1.50. The number of hydrogen-bond acceptors (Lipinski definition) is 5. The zero-order chi connectivity index (χ0) is 23.4. The second-order valence-electron chi connectivity index (χ2n) is 7.19. The number of amidine groups is 1. The summed E-state index contributed by atoms with van der Waals surface area (Å²) in [6.07, 6.45) is 1.80. The SMILES string of the molecule is CN1C(=O)/C(=C\c2ccc(OCc3ccccc3)c(Br)c2)SC1=Nc1cccc(C(=O)O)c1. The van der Waals surface area contributed by atoms with Crippen LogP contribution in [0.4, 0.5) is 5.69 Å². The predicted octanol–water partition coefficient (Wildman–Crippen LogP) is 5.96. The number of aliphatic imine (C=N–C) groups is 1. The summed E-state index contributed by atoms with van der Waals surface area (Å²) in [5.74, 6) is -0.485. The second kappa shape index (κ2) is 10.1. The van der Waals surface area contributed by atoms with Crippen LogP contribution in [0.15, 0.2) is 87.2 Å². The van der Waals surface area contributed by atoms with E-state index in [4.69, 9.17) is 9.84 Å². The number of carboxylic acids is 1. The normalized spacial score (nSPS) is 15.9. The van der Waals surface area contributed by atoms with Crippen molar-refractivity contribution >= 4 is 56.5 Å². The van der Waals surface area contributed by atoms with E-state index in [-0.39, 0.29) is 11.5 Å². The van der Waals surface area contributed by atoms with Crippen LogP contribution in [0.1, 0.15) is 21.5 Å². The number of carboxylic acid groups (broad SMARTS) is 1. The Labute approximate surface area is 203 Å². The van der Waals surface area contributed by atoms with Gasteiger partial charge >= 0.3 is 5.97 Å². The number of aromatic carboxylic acids is 1. The number of amides is 1. The van der Waals surface area contributed by atoms with Gasteiger partial charge < -0.3 is 9.84 Å². The molecule has 1 saturated heterocycles. The van der Waals surface area contributed by atoms with Crippen molar-refractivity contribution in [2.75, 3.05) is 7.05 Å². The predicted molar refractivity (Wildman–Crippen MR) is 134 cm³/mol. The summed E-state index contributed by atoms with van der Waals surface area (Å²) in [6, 6.07) is 21.8. The molecule has 0 spiro atoms. The van der Waals surface area contributed by atoms with E-state index in [1.165, 1.54) is 28.8 Å². The number of halogens is 1. The van der Waals surface area contributed by atoms with Gasteiger partial charge in [-0.25, -0.2) is 9.79 Å². The Kier molecular flexibility index (Phi) is 6.96. The summed E-state index contributed by atoms with van der Waals surface area (Å²) in [4.78, 5) is 30.3. The number of ether oxygens (including phenoxy) is 1. The molecule has 0 saturated carbocycles. The third kappa shape index (κ3) is 5.53. The van der Waals surface area contributed by atoms with Crippen molar-refractivity contribution in [1.29, 1.82) is 0 Å². The number of rotatable bonds is 6. The van der Waals surface area contributed by atoms with Crippen molar-refractivity contribution in [3.8, 4) is 5.75 Å². The molecular formula is C25H19BrN2O4S.